The van der Waals surface area contributed by atoms with E-state index in [9.17, 15) is 13.2 Å². The molecule has 0 saturated heterocycles. The number of hydrogen-bond donors (Lipinski definition) is 2. The van der Waals surface area contributed by atoms with Crippen LogP contribution in [0.25, 0.3) is 10.8 Å². The highest BCUT2D eigenvalue weighted by atomic mass is 32.2. The minimum atomic E-state index is -3.71. The number of hydrogen-bond acceptors (Lipinski definition) is 3. The molecular formula is C27H32N2O3S. The van der Waals surface area contributed by atoms with E-state index >= 15 is 0 Å². The highest BCUT2D eigenvalue weighted by molar-refractivity contribution is 7.89. The van der Waals surface area contributed by atoms with Crippen LogP contribution < -0.4 is 10.0 Å². The molecule has 6 heteroatoms. The molecule has 1 aliphatic carbocycles. The molecule has 3 aromatic rings. The Bertz CT molecular complexity index is 1250. The second-order valence-corrected chi connectivity index (χ2v) is 10.8. The average molecular weight is 465 g/mol. The first-order valence-electron chi connectivity index (χ1n) is 11.8. The highest BCUT2D eigenvalue weighted by Crippen LogP contribution is 2.31. The SMILES string of the molecule is Cc1ccccc1C(=O)Nc1ccc(S(=O)(=O)NC(C)C2CCCCCC2)c2ccccc12. The van der Waals surface area contributed by atoms with Gasteiger partial charge in [0.2, 0.25) is 10.0 Å². The fourth-order valence-electron chi connectivity index (χ4n) is 4.85. The van der Waals surface area contributed by atoms with Crippen LogP contribution in [0.1, 0.15) is 61.4 Å². The zero-order valence-electron chi connectivity index (χ0n) is 19.3. The van der Waals surface area contributed by atoms with Crippen molar-refractivity contribution in [1.29, 1.82) is 0 Å². The molecule has 1 fully saturated rings. The second-order valence-electron chi connectivity index (χ2n) is 9.09. The summed E-state index contributed by atoms with van der Waals surface area (Å²) in [5.41, 5.74) is 2.07. The Kier molecular flexibility index (Phi) is 7.15. The van der Waals surface area contributed by atoms with E-state index in [4.69, 9.17) is 0 Å². The molecule has 1 saturated carbocycles. The number of anilines is 1. The number of sulfonamides is 1. The van der Waals surface area contributed by atoms with E-state index in [1.807, 2.05) is 50.2 Å². The Hall–Kier alpha value is -2.70. The van der Waals surface area contributed by atoms with Gasteiger partial charge in [-0.3, -0.25) is 4.79 Å². The molecule has 1 atom stereocenters. The molecule has 1 aliphatic rings. The van der Waals surface area contributed by atoms with E-state index in [1.165, 1.54) is 12.8 Å². The van der Waals surface area contributed by atoms with Crippen LogP contribution in [-0.2, 0) is 10.0 Å². The molecule has 0 aliphatic heterocycles. The van der Waals surface area contributed by atoms with Crippen LogP contribution in [0.2, 0.25) is 0 Å². The lowest BCUT2D eigenvalue weighted by Gasteiger charge is -2.24. The van der Waals surface area contributed by atoms with Crippen LogP contribution in [-0.4, -0.2) is 20.4 Å². The van der Waals surface area contributed by atoms with Crippen molar-refractivity contribution in [2.24, 2.45) is 5.92 Å². The van der Waals surface area contributed by atoms with E-state index in [1.54, 1.807) is 24.3 Å². The molecule has 0 spiro atoms. The number of amides is 1. The average Bonchev–Trinajstić information content (AvgIpc) is 3.09. The number of carbonyl (C=O) groups excluding carboxylic acids is 1. The summed E-state index contributed by atoms with van der Waals surface area (Å²) >= 11 is 0. The summed E-state index contributed by atoms with van der Waals surface area (Å²) in [4.78, 5) is 13.1. The third kappa shape index (κ3) is 5.28. The van der Waals surface area contributed by atoms with Gasteiger partial charge in [0.1, 0.15) is 0 Å². The van der Waals surface area contributed by atoms with E-state index in [0.717, 1.165) is 31.2 Å². The van der Waals surface area contributed by atoms with Gasteiger partial charge in [0.25, 0.3) is 5.91 Å². The Morgan fingerprint density at radius 1 is 0.879 bits per heavy atom. The second kappa shape index (κ2) is 10.1. The highest BCUT2D eigenvalue weighted by Gasteiger charge is 2.26. The first-order valence-corrected chi connectivity index (χ1v) is 13.3. The van der Waals surface area contributed by atoms with E-state index < -0.39 is 10.0 Å². The number of rotatable bonds is 6. The minimum absolute atomic E-state index is 0.118. The molecule has 4 rings (SSSR count). The number of fused-ring (bicyclic) bond motifs is 1. The number of carbonyl (C=O) groups is 1. The number of nitrogens with one attached hydrogen (secondary N) is 2. The molecule has 1 amide bonds. The standard InChI is InChI=1S/C27H32N2O3S/c1-19-11-7-8-14-22(19)27(30)28-25-17-18-26(24-16-10-9-15-23(24)25)33(31,32)29-20(2)21-12-5-3-4-6-13-21/h7-11,14-18,20-21,29H,3-6,12-13H2,1-2H3,(H,28,30). The molecule has 33 heavy (non-hydrogen) atoms. The van der Waals surface area contributed by atoms with Crippen molar-refractivity contribution in [3.8, 4) is 0 Å². The molecule has 174 valence electrons. The van der Waals surface area contributed by atoms with Crippen molar-refractivity contribution < 1.29 is 13.2 Å². The van der Waals surface area contributed by atoms with Crippen LogP contribution in [0.4, 0.5) is 5.69 Å². The summed E-state index contributed by atoms with van der Waals surface area (Å²) in [6.45, 7) is 3.87. The van der Waals surface area contributed by atoms with Crippen molar-refractivity contribution in [3.05, 3.63) is 71.8 Å². The van der Waals surface area contributed by atoms with Crippen molar-refractivity contribution in [2.75, 3.05) is 5.32 Å². The summed E-state index contributed by atoms with van der Waals surface area (Å²) < 4.78 is 29.7. The van der Waals surface area contributed by atoms with Gasteiger partial charge < -0.3 is 5.32 Å². The Balaban J connectivity index is 1.63. The number of aryl methyl sites for hydroxylation is 1. The summed E-state index contributed by atoms with van der Waals surface area (Å²) in [6.07, 6.45) is 6.92. The van der Waals surface area contributed by atoms with Crippen molar-refractivity contribution in [2.45, 2.75) is 63.3 Å². The molecule has 0 radical (unpaired) electrons. The Morgan fingerprint density at radius 2 is 1.52 bits per heavy atom. The van der Waals surface area contributed by atoms with E-state index in [2.05, 4.69) is 10.0 Å². The molecule has 5 nitrogen and oxygen atoms in total. The maximum absolute atomic E-state index is 13.4. The lowest BCUT2D eigenvalue weighted by molar-refractivity contribution is 0.102. The van der Waals surface area contributed by atoms with Gasteiger partial charge in [0.15, 0.2) is 0 Å². The lowest BCUT2D eigenvalue weighted by atomic mass is 9.94. The normalized spacial score (nSPS) is 16.3. The smallest absolute Gasteiger partial charge is 0.255 e. The molecule has 3 aromatic carbocycles. The van der Waals surface area contributed by atoms with Gasteiger partial charge in [-0.1, -0.05) is 68.1 Å². The van der Waals surface area contributed by atoms with E-state index in [-0.39, 0.29) is 16.8 Å². The maximum atomic E-state index is 13.4. The van der Waals surface area contributed by atoms with Crippen molar-refractivity contribution >= 4 is 32.4 Å². The molecular weight excluding hydrogens is 432 g/mol. The van der Waals surface area contributed by atoms with Gasteiger partial charge in [0, 0.05) is 28.1 Å². The summed E-state index contributed by atoms with van der Waals surface area (Å²) in [6, 6.07) is 17.9. The first-order chi connectivity index (χ1) is 15.9. The lowest BCUT2D eigenvalue weighted by Crippen LogP contribution is -2.38. The third-order valence-electron chi connectivity index (χ3n) is 6.76. The fourth-order valence-corrected chi connectivity index (χ4v) is 6.37. The van der Waals surface area contributed by atoms with Gasteiger partial charge in [0.05, 0.1) is 4.90 Å². The van der Waals surface area contributed by atoms with Crippen LogP contribution in [0, 0.1) is 12.8 Å². The Labute approximate surface area is 196 Å². The maximum Gasteiger partial charge on any atom is 0.255 e. The fraction of sp³-hybridized carbons (Fsp3) is 0.370. The largest absolute Gasteiger partial charge is 0.321 e. The minimum Gasteiger partial charge on any atom is -0.321 e. The van der Waals surface area contributed by atoms with E-state index in [0.29, 0.717) is 27.9 Å². The number of benzene rings is 3. The summed E-state index contributed by atoms with van der Waals surface area (Å²) in [5.74, 6) is 0.148. The first kappa shape index (κ1) is 23.5. The Morgan fingerprint density at radius 3 is 2.21 bits per heavy atom. The molecule has 1 unspecified atom stereocenters. The molecule has 0 aromatic heterocycles. The van der Waals surface area contributed by atoms with Crippen LogP contribution in [0.5, 0.6) is 0 Å². The van der Waals surface area contributed by atoms with Crippen LogP contribution >= 0.6 is 0 Å². The topological polar surface area (TPSA) is 75.3 Å². The van der Waals surface area contributed by atoms with Gasteiger partial charge in [-0.25, -0.2) is 13.1 Å². The van der Waals surface area contributed by atoms with Gasteiger partial charge in [-0.2, -0.15) is 0 Å². The predicted molar refractivity (Wildman–Crippen MR) is 134 cm³/mol. The monoisotopic (exact) mass is 464 g/mol. The van der Waals surface area contributed by atoms with Crippen molar-refractivity contribution in [1.82, 2.24) is 4.72 Å². The molecule has 0 heterocycles. The quantitative estimate of drug-likeness (QED) is 0.437. The third-order valence-corrected chi connectivity index (χ3v) is 8.38. The zero-order chi connectivity index (χ0) is 23.4. The summed E-state index contributed by atoms with van der Waals surface area (Å²) in [5, 5.41) is 4.26. The van der Waals surface area contributed by atoms with Gasteiger partial charge in [-0.15, -0.1) is 0 Å². The van der Waals surface area contributed by atoms with Crippen molar-refractivity contribution in [3.63, 3.8) is 0 Å². The van der Waals surface area contributed by atoms with Gasteiger partial charge in [-0.05, 0) is 56.4 Å². The predicted octanol–water partition coefficient (Wildman–Crippen LogP) is 6.04. The van der Waals surface area contributed by atoms with Crippen LogP contribution in [0.3, 0.4) is 0 Å². The van der Waals surface area contributed by atoms with Gasteiger partial charge >= 0.3 is 0 Å². The zero-order valence-corrected chi connectivity index (χ0v) is 20.1. The molecule has 2 N–H and O–H groups in total. The molecule has 0 bridgehead atoms. The summed E-state index contributed by atoms with van der Waals surface area (Å²) in [7, 11) is -3.71. The van der Waals surface area contributed by atoms with Crippen LogP contribution in [0.15, 0.2) is 65.6 Å².